The minimum absolute atomic E-state index is 0.0249. The summed E-state index contributed by atoms with van der Waals surface area (Å²) in [5.41, 5.74) is 1.15. The number of hydrogen-bond acceptors (Lipinski definition) is 5. The maximum absolute atomic E-state index is 12.5. The van der Waals surface area contributed by atoms with E-state index in [9.17, 15) is 13.2 Å². The number of benzene rings is 1. The van der Waals surface area contributed by atoms with Crippen molar-refractivity contribution in [2.45, 2.75) is 6.54 Å². The number of thiophene rings is 1. The molecule has 2 aromatic rings. The lowest BCUT2D eigenvalue weighted by atomic mass is 10.2. The van der Waals surface area contributed by atoms with Crippen LogP contribution >= 0.6 is 11.3 Å². The maximum Gasteiger partial charge on any atom is 0.345 e. The number of allylic oxidation sites excluding steroid dienone is 1. The summed E-state index contributed by atoms with van der Waals surface area (Å²) in [5.74, 6) is 0.230. The Morgan fingerprint density at radius 3 is 2.62 bits per heavy atom. The van der Waals surface area contributed by atoms with Gasteiger partial charge in [-0.3, -0.25) is 4.79 Å². The molecule has 0 unspecified atom stereocenters. The van der Waals surface area contributed by atoms with E-state index in [0.29, 0.717) is 4.88 Å². The molecule has 0 bridgehead atoms. The van der Waals surface area contributed by atoms with Crippen molar-refractivity contribution in [3.8, 4) is 5.75 Å². The highest BCUT2D eigenvalue weighted by Crippen LogP contribution is 2.22. The second kappa shape index (κ2) is 7.30. The lowest BCUT2D eigenvalue weighted by Gasteiger charge is -2.23. The minimum atomic E-state index is -3.94. The molecule has 0 saturated carbocycles. The predicted octanol–water partition coefficient (Wildman–Crippen LogP) is 1.94. The van der Waals surface area contributed by atoms with Crippen LogP contribution in [0.25, 0.3) is 0 Å². The fourth-order valence-electron chi connectivity index (χ4n) is 2.32. The van der Waals surface area contributed by atoms with Gasteiger partial charge in [0.25, 0.3) is 5.91 Å². The predicted molar refractivity (Wildman–Crippen MR) is 100 cm³/mol. The molecule has 0 spiro atoms. The Morgan fingerprint density at radius 1 is 1.27 bits per heavy atom. The molecule has 26 heavy (non-hydrogen) atoms. The summed E-state index contributed by atoms with van der Waals surface area (Å²) >= 11 is 1.36. The molecule has 1 N–H and O–H groups in total. The lowest BCUT2D eigenvalue weighted by Crippen LogP contribution is -2.38. The van der Waals surface area contributed by atoms with Crippen molar-refractivity contribution in [3.05, 3.63) is 64.0 Å². The van der Waals surface area contributed by atoms with Crippen LogP contribution in [0.1, 0.15) is 10.4 Å². The first-order valence-electron chi connectivity index (χ1n) is 7.66. The zero-order valence-electron chi connectivity index (χ0n) is 14.2. The van der Waals surface area contributed by atoms with Crippen LogP contribution in [0, 0.1) is 0 Å². The average molecular weight is 391 g/mol. The second-order valence-electron chi connectivity index (χ2n) is 5.46. The molecule has 0 fully saturated rings. The Kier molecular flexibility index (Phi) is 5.10. The van der Waals surface area contributed by atoms with Crippen LogP contribution in [-0.2, 0) is 21.5 Å². The number of carbonyl (C=O) groups is 1. The number of ether oxygens (including phenoxy) is 1. The smallest absolute Gasteiger partial charge is 0.345 e. The topological polar surface area (TPSA) is 88.1 Å². The number of likely N-dealkylation sites (N-methyl/N-ethyl adjacent to an activating group) is 1. The first-order chi connectivity index (χ1) is 12.4. The number of rotatable bonds is 5. The summed E-state index contributed by atoms with van der Waals surface area (Å²) in [6.07, 6.45) is 1.48. The molecule has 1 aliphatic heterocycles. The molecule has 3 rings (SSSR count). The highest BCUT2D eigenvalue weighted by molar-refractivity contribution is 7.88. The normalized spacial score (nSPS) is 15.8. The van der Waals surface area contributed by atoms with Crippen molar-refractivity contribution in [3.63, 3.8) is 0 Å². The SMILES string of the molecule is COc1ccc(CNC(=O)C2=CC(c3cccs3)=NS(=O)(=O)N2C)cc1. The van der Waals surface area contributed by atoms with Gasteiger partial charge in [-0.25, -0.2) is 4.31 Å². The van der Waals surface area contributed by atoms with E-state index in [4.69, 9.17) is 4.74 Å². The van der Waals surface area contributed by atoms with E-state index in [1.165, 1.54) is 24.5 Å². The van der Waals surface area contributed by atoms with Crippen LogP contribution in [0.15, 0.2) is 57.9 Å². The zero-order valence-corrected chi connectivity index (χ0v) is 15.8. The Morgan fingerprint density at radius 2 is 2.00 bits per heavy atom. The van der Waals surface area contributed by atoms with E-state index in [1.807, 2.05) is 17.5 Å². The van der Waals surface area contributed by atoms with Crippen LogP contribution in [0.3, 0.4) is 0 Å². The highest BCUT2D eigenvalue weighted by Gasteiger charge is 2.30. The van der Waals surface area contributed by atoms with Gasteiger partial charge in [-0.2, -0.15) is 8.42 Å². The molecule has 0 radical (unpaired) electrons. The first kappa shape index (κ1) is 18.2. The van der Waals surface area contributed by atoms with E-state index >= 15 is 0 Å². The third-order valence-electron chi connectivity index (χ3n) is 3.79. The molecule has 0 aliphatic carbocycles. The standard InChI is InChI=1S/C17H17N3O4S2/c1-20-15(10-14(19-26(20,22)23)16-4-3-9-25-16)17(21)18-11-12-5-7-13(24-2)8-6-12/h3-10H,11H2,1-2H3,(H,18,21). The van der Waals surface area contributed by atoms with Gasteiger partial charge in [0, 0.05) is 13.6 Å². The molecule has 1 aromatic carbocycles. The summed E-state index contributed by atoms with van der Waals surface area (Å²) in [5, 5.41) is 4.55. The monoisotopic (exact) mass is 391 g/mol. The lowest BCUT2D eigenvalue weighted by molar-refractivity contribution is -0.118. The van der Waals surface area contributed by atoms with Gasteiger partial charge in [-0.1, -0.05) is 18.2 Å². The fraction of sp³-hybridized carbons (Fsp3) is 0.176. The summed E-state index contributed by atoms with van der Waals surface area (Å²) < 4.78 is 34.2. The Balaban J connectivity index is 1.79. The third kappa shape index (κ3) is 3.78. The van der Waals surface area contributed by atoms with Gasteiger partial charge in [0.15, 0.2) is 0 Å². The van der Waals surface area contributed by atoms with E-state index in [0.717, 1.165) is 15.6 Å². The van der Waals surface area contributed by atoms with E-state index in [2.05, 4.69) is 9.71 Å². The second-order valence-corrected chi connectivity index (χ2v) is 8.03. The molecular formula is C17H17N3O4S2. The number of carbonyl (C=O) groups excluding carboxylic acids is 1. The molecular weight excluding hydrogens is 374 g/mol. The van der Waals surface area contributed by atoms with E-state index < -0.39 is 16.1 Å². The number of amides is 1. The molecule has 1 aliphatic rings. The van der Waals surface area contributed by atoms with E-state index in [-0.39, 0.29) is 18.0 Å². The number of nitrogens with one attached hydrogen (secondary N) is 1. The summed E-state index contributed by atoms with van der Waals surface area (Å²) in [6.45, 7) is 0.263. The highest BCUT2D eigenvalue weighted by atomic mass is 32.2. The minimum Gasteiger partial charge on any atom is -0.497 e. The molecule has 0 atom stereocenters. The van der Waals surface area contributed by atoms with Crippen molar-refractivity contribution in [1.82, 2.24) is 9.62 Å². The Bertz CT molecular complexity index is 962. The summed E-state index contributed by atoms with van der Waals surface area (Å²) in [4.78, 5) is 13.2. The molecule has 1 amide bonds. The third-order valence-corrected chi connectivity index (χ3v) is 6.00. The quantitative estimate of drug-likeness (QED) is 0.844. The van der Waals surface area contributed by atoms with Crippen molar-refractivity contribution in [2.75, 3.05) is 14.2 Å². The van der Waals surface area contributed by atoms with Gasteiger partial charge in [-0.05, 0) is 35.2 Å². The summed E-state index contributed by atoms with van der Waals surface area (Å²) in [6, 6.07) is 10.8. The van der Waals surface area contributed by atoms with Crippen LogP contribution in [0.4, 0.5) is 0 Å². The van der Waals surface area contributed by atoms with Crippen molar-refractivity contribution in [1.29, 1.82) is 0 Å². The number of methoxy groups -OCH3 is 1. The largest absolute Gasteiger partial charge is 0.497 e. The molecule has 9 heteroatoms. The van der Waals surface area contributed by atoms with E-state index in [1.54, 1.807) is 31.4 Å². The van der Waals surface area contributed by atoms with Gasteiger partial charge in [0.2, 0.25) is 0 Å². The van der Waals surface area contributed by atoms with Crippen molar-refractivity contribution < 1.29 is 17.9 Å². The first-order valence-corrected chi connectivity index (χ1v) is 9.94. The van der Waals surface area contributed by atoms with Crippen LogP contribution in [0.2, 0.25) is 0 Å². The molecule has 136 valence electrons. The van der Waals surface area contributed by atoms with Gasteiger partial charge < -0.3 is 10.1 Å². The Labute approximate surface area is 155 Å². The van der Waals surface area contributed by atoms with Crippen molar-refractivity contribution in [2.24, 2.45) is 4.40 Å². The van der Waals surface area contributed by atoms with Crippen LogP contribution < -0.4 is 10.1 Å². The molecule has 1 aromatic heterocycles. The van der Waals surface area contributed by atoms with Crippen molar-refractivity contribution >= 4 is 33.2 Å². The number of nitrogens with zero attached hydrogens (tertiary/aromatic N) is 2. The molecule has 0 saturated heterocycles. The van der Waals surface area contributed by atoms with Crippen LogP contribution in [-0.4, -0.2) is 38.5 Å². The van der Waals surface area contributed by atoms with Gasteiger partial charge >= 0.3 is 10.2 Å². The van der Waals surface area contributed by atoms with Gasteiger partial charge in [-0.15, -0.1) is 15.7 Å². The van der Waals surface area contributed by atoms with Gasteiger partial charge in [0.1, 0.15) is 11.4 Å². The summed E-state index contributed by atoms with van der Waals surface area (Å²) in [7, 11) is -1.05. The molecule has 2 heterocycles. The van der Waals surface area contributed by atoms with Gasteiger partial charge in [0.05, 0.1) is 17.7 Å². The molecule has 7 nitrogen and oxygen atoms in total. The number of hydrogen-bond donors (Lipinski definition) is 1. The zero-order chi connectivity index (χ0) is 18.7. The average Bonchev–Trinajstić information content (AvgIpc) is 3.17. The maximum atomic E-state index is 12.5. The fourth-order valence-corrected chi connectivity index (χ4v) is 3.97. The van der Waals surface area contributed by atoms with Crippen LogP contribution in [0.5, 0.6) is 5.75 Å². The Hall–Kier alpha value is -2.65.